The zero-order valence-corrected chi connectivity index (χ0v) is 16.6. The Morgan fingerprint density at radius 1 is 0.312 bits per heavy atom. The maximum absolute atomic E-state index is 14.3. The Hall–Kier alpha value is -0.243. The predicted octanol–water partition coefficient (Wildman–Crippen LogP) is 7.83. The highest BCUT2D eigenvalue weighted by atomic mass is 35.8. The van der Waals surface area contributed by atoms with Crippen LogP contribution in [0.3, 0.4) is 0 Å². The molecule has 0 fully saturated rings. The lowest BCUT2D eigenvalue weighted by Gasteiger charge is -2.47. The van der Waals surface area contributed by atoms with Crippen LogP contribution in [0.25, 0.3) is 0 Å². The number of hydrogen-bond donors (Lipinski definition) is 0. The van der Waals surface area contributed by atoms with Gasteiger partial charge >= 0.3 is 53.9 Å². The monoisotopic (exact) mass is 602 g/mol. The van der Waals surface area contributed by atoms with Crippen molar-refractivity contribution in [3.05, 3.63) is 0 Å². The molecule has 0 nitrogen and oxygen atoms in total. The lowest BCUT2D eigenvalue weighted by atomic mass is 9.89. The predicted molar refractivity (Wildman–Crippen MR) is 68.9 cm³/mol. The van der Waals surface area contributed by atoms with E-state index in [0.29, 0.717) is 0 Å². The van der Waals surface area contributed by atoms with Gasteiger partial charge < -0.3 is 0 Å². The highest BCUT2D eigenvalue weighted by Crippen LogP contribution is 2.67. The van der Waals surface area contributed by atoms with Crippen molar-refractivity contribution in [2.75, 3.05) is 0 Å². The summed E-state index contributed by atoms with van der Waals surface area (Å²) in [7, 11) is 0. The molecule has 0 radical (unpaired) electrons. The molecule has 0 aliphatic heterocycles. The van der Waals surface area contributed by atoms with Crippen molar-refractivity contribution in [2.24, 2.45) is 0 Å². The molecule has 0 N–H and O–H groups in total. The smallest absolute Gasteiger partial charge is 0.229 e. The molecule has 0 heterocycles. The molecule has 23 heteroatoms. The molecule has 1 atom stereocenters. The quantitative estimate of drug-likeness (QED) is 0.158. The van der Waals surface area contributed by atoms with E-state index in [1.807, 2.05) is 0 Å². The lowest BCUT2D eigenvalue weighted by Crippen LogP contribution is -2.80. The molecule has 0 bridgehead atoms. The molecule has 194 valence electrons. The van der Waals surface area contributed by atoms with Gasteiger partial charge in [0.1, 0.15) is 0 Å². The average molecular weight is 604 g/mol. The molecule has 0 aromatic carbocycles. The van der Waals surface area contributed by atoms with Crippen molar-refractivity contribution >= 4 is 39.2 Å². The molecule has 0 aromatic rings. The van der Waals surface area contributed by atoms with Crippen LogP contribution in [0.15, 0.2) is 0 Å². The first-order valence-electron chi connectivity index (χ1n) is 6.41. The van der Waals surface area contributed by atoms with E-state index >= 15 is 0 Å². The molecule has 0 rings (SSSR count). The van der Waals surface area contributed by atoms with Crippen LogP contribution in [-0.2, 0) is 0 Å². The van der Waals surface area contributed by atoms with Gasteiger partial charge in [-0.3, -0.25) is 0 Å². The van der Waals surface area contributed by atoms with Gasteiger partial charge in [-0.25, -0.2) is 4.39 Å². The molecule has 0 saturated heterocycles. The van der Waals surface area contributed by atoms with Gasteiger partial charge in [0.2, 0.25) is 0 Å². The van der Waals surface area contributed by atoms with E-state index in [1.165, 1.54) is 0 Å². The second-order valence-corrected chi connectivity index (χ2v) is 14.1. The minimum absolute atomic E-state index is 4.19. The SMILES string of the molecule is FC(F)(F)C(F)(F)C(F)(F)C(F)(F)C(F)(F)C(F)(F)C(F)(C(F)(F)C(F)(F)F)[Si](Cl)(Cl)Cl. The summed E-state index contributed by atoms with van der Waals surface area (Å²) in [5.74, 6) is -51.6. The highest BCUT2D eigenvalue weighted by molar-refractivity contribution is 7.65. The van der Waals surface area contributed by atoms with Gasteiger partial charge in [0.25, 0.3) is 5.29 Å². The van der Waals surface area contributed by atoms with Crippen molar-refractivity contribution in [3.8, 4) is 0 Å². The second kappa shape index (κ2) is 7.63. The third-order valence-corrected chi connectivity index (χ3v) is 7.30. The van der Waals surface area contributed by atoms with Crippen LogP contribution in [0.5, 0.6) is 0 Å². The zero-order valence-electron chi connectivity index (χ0n) is 13.3. The molecule has 0 amide bonds. The van der Waals surface area contributed by atoms with Gasteiger partial charge in [-0.1, -0.05) is 0 Å². The van der Waals surface area contributed by atoms with Gasteiger partial charge in [-0.2, -0.15) is 79.0 Å². The third kappa shape index (κ3) is 3.77. The maximum atomic E-state index is 14.3. The Morgan fingerprint density at radius 2 is 0.531 bits per heavy atom. The Kier molecular flexibility index (Phi) is 7.57. The minimum Gasteiger partial charge on any atom is -0.229 e. The Morgan fingerprint density at radius 3 is 0.750 bits per heavy atom. The van der Waals surface area contributed by atoms with Gasteiger partial charge in [-0.15, -0.1) is 33.2 Å². The van der Waals surface area contributed by atoms with E-state index in [1.54, 1.807) is 0 Å². The minimum atomic E-state index is -8.90. The van der Waals surface area contributed by atoms with Gasteiger partial charge in [0.15, 0.2) is 0 Å². The Labute approximate surface area is 176 Å². The first-order valence-corrected chi connectivity index (χ1v) is 11.4. The van der Waals surface area contributed by atoms with Crippen molar-refractivity contribution in [2.45, 2.75) is 53.2 Å². The van der Waals surface area contributed by atoms with Crippen LogP contribution in [-0.4, -0.2) is 59.2 Å². The Bertz CT molecular complexity index is 702. The summed E-state index contributed by atoms with van der Waals surface area (Å²) in [5, 5.41) is -7.87. The number of alkyl halides is 19. The Balaban J connectivity index is 7.35. The molecule has 32 heavy (non-hydrogen) atoms. The first kappa shape index (κ1) is 31.8. The van der Waals surface area contributed by atoms with Crippen LogP contribution in [0.1, 0.15) is 0 Å². The zero-order chi connectivity index (χ0) is 27.0. The first-order chi connectivity index (χ1) is 13.2. The summed E-state index contributed by atoms with van der Waals surface area (Å²) < 4.78 is 247. The normalized spacial score (nSPS) is 18.6. The van der Waals surface area contributed by atoms with Crippen LogP contribution in [0.2, 0.25) is 0 Å². The van der Waals surface area contributed by atoms with Crippen molar-refractivity contribution < 1.29 is 83.4 Å². The number of halogens is 22. The fourth-order valence-electron chi connectivity index (χ4n) is 1.73. The molecule has 0 aliphatic carbocycles. The summed E-state index contributed by atoms with van der Waals surface area (Å²) in [6.07, 6.45) is -15.7. The summed E-state index contributed by atoms with van der Waals surface area (Å²) in [4.78, 5) is 0. The van der Waals surface area contributed by atoms with Gasteiger partial charge in [0.05, 0.1) is 0 Å². The van der Waals surface area contributed by atoms with E-state index in [2.05, 4.69) is 33.2 Å². The molecular weight excluding hydrogens is 604 g/mol. The van der Waals surface area contributed by atoms with Crippen molar-refractivity contribution in [1.29, 1.82) is 0 Å². The van der Waals surface area contributed by atoms with Crippen LogP contribution < -0.4 is 0 Å². The molecule has 1 unspecified atom stereocenters. The lowest BCUT2D eigenvalue weighted by molar-refractivity contribution is -0.453. The molecule has 0 spiro atoms. The summed E-state index contributed by atoms with van der Waals surface area (Å²) in [6.45, 7) is 0. The van der Waals surface area contributed by atoms with E-state index in [9.17, 15) is 83.4 Å². The van der Waals surface area contributed by atoms with E-state index in [0.717, 1.165) is 0 Å². The third-order valence-electron chi connectivity index (χ3n) is 3.55. The summed E-state index contributed by atoms with van der Waals surface area (Å²) in [5.41, 5.74) is 0. The molecule has 0 saturated carbocycles. The molecule has 0 aliphatic rings. The van der Waals surface area contributed by atoms with Gasteiger partial charge in [0, 0.05) is 0 Å². The van der Waals surface area contributed by atoms with E-state index in [-0.39, 0.29) is 0 Å². The van der Waals surface area contributed by atoms with Crippen molar-refractivity contribution in [3.63, 3.8) is 0 Å². The van der Waals surface area contributed by atoms with Crippen LogP contribution >= 0.6 is 33.2 Å². The highest BCUT2D eigenvalue weighted by Gasteiger charge is 2.99. The average Bonchev–Trinajstić information content (AvgIpc) is 2.49. The second-order valence-electron chi connectivity index (χ2n) is 5.60. The fourth-order valence-corrected chi connectivity index (χ4v) is 4.88. The summed E-state index contributed by atoms with van der Waals surface area (Å²) in [6, 6.07) is -7.56. The topological polar surface area (TPSA) is 0 Å². The molecular formula is C9Cl3F19Si. The van der Waals surface area contributed by atoms with Crippen LogP contribution in [0.4, 0.5) is 83.4 Å². The maximum Gasteiger partial charge on any atom is 0.460 e. The van der Waals surface area contributed by atoms with Crippen LogP contribution in [0, 0.1) is 0 Å². The van der Waals surface area contributed by atoms with Crippen molar-refractivity contribution in [1.82, 2.24) is 0 Å². The molecule has 0 aromatic heterocycles. The largest absolute Gasteiger partial charge is 0.460 e. The number of hydrogen-bond acceptors (Lipinski definition) is 0. The number of rotatable bonds is 7. The fraction of sp³-hybridized carbons (Fsp3) is 1.00. The van der Waals surface area contributed by atoms with E-state index in [4.69, 9.17) is 0 Å². The summed E-state index contributed by atoms with van der Waals surface area (Å²) >= 11 is 12.6. The van der Waals surface area contributed by atoms with E-state index < -0.39 is 59.2 Å². The van der Waals surface area contributed by atoms with Gasteiger partial charge in [-0.05, 0) is 0 Å². The standard InChI is InChI=1S/C9Cl3F19Si/c10-32(11,12)7(25,6(23,24)9(29,30)31)4(19,20)2(15,16)1(13,14)3(17,18)5(21,22)8(26,27)28.